The van der Waals surface area contributed by atoms with Gasteiger partial charge in [0.25, 0.3) is 0 Å². The molecule has 0 fully saturated rings. The van der Waals surface area contributed by atoms with Gasteiger partial charge in [0.1, 0.15) is 104 Å². The molecule has 0 saturated carbocycles. The van der Waals surface area contributed by atoms with Crippen LogP contribution in [0.25, 0.3) is 0 Å². The predicted molar refractivity (Wildman–Crippen MR) is 236 cm³/mol. The van der Waals surface area contributed by atoms with Gasteiger partial charge in [0.2, 0.25) is 0 Å². The number of aliphatic hydroxyl groups is 20. The van der Waals surface area contributed by atoms with E-state index in [0.717, 1.165) is 5.75 Å². The summed E-state index contributed by atoms with van der Waals surface area (Å²) in [6.07, 6.45) is -34.5. The summed E-state index contributed by atoms with van der Waals surface area (Å²) >= 11 is 0. The van der Waals surface area contributed by atoms with Crippen LogP contribution in [0.5, 0.6) is 5.75 Å². The van der Waals surface area contributed by atoms with Gasteiger partial charge in [-0.05, 0) is 12.1 Å². The summed E-state index contributed by atoms with van der Waals surface area (Å²) < 4.78 is 9.34. The van der Waals surface area contributed by atoms with Crippen LogP contribution in [-0.2, 0) is 79.6 Å². The monoisotopic (exact) mass is 1320 g/mol. The summed E-state index contributed by atoms with van der Waals surface area (Å²) in [5, 5.41) is 244. The Morgan fingerprint density at radius 3 is 0.939 bits per heavy atom. The van der Waals surface area contributed by atoms with Crippen molar-refractivity contribution in [2.24, 2.45) is 11.5 Å². The van der Waals surface area contributed by atoms with E-state index in [4.69, 9.17) is 113 Å². The van der Waals surface area contributed by atoms with Crippen molar-refractivity contribution in [3.8, 4) is 5.75 Å². The Balaban J connectivity index is -0.000000135. The van der Waals surface area contributed by atoms with E-state index in [2.05, 4.69) is 4.74 Å². The zero-order valence-electron chi connectivity index (χ0n) is 42.2. The number of para-hydroxylation sites is 1. The maximum absolute atomic E-state index is 11.3. The molecule has 42 heteroatoms. The molecule has 0 unspecified atom stereocenters. The summed E-state index contributed by atoms with van der Waals surface area (Å²) in [7, 11) is 0. The number of carboxylic acids is 7. The number of nitrogens with two attached hydrogens (primary N) is 2. The van der Waals surface area contributed by atoms with E-state index >= 15 is 0 Å². The molecule has 0 saturated heterocycles. The molecule has 0 heterocycles. The number of rotatable bonds is 30. The fourth-order valence-electron chi connectivity index (χ4n) is 4.16. The first-order valence-electron chi connectivity index (χ1n) is 21.4. The predicted octanol–water partition coefficient (Wildman–Crippen LogP) is -23.1. The van der Waals surface area contributed by atoms with Crippen LogP contribution in [0.1, 0.15) is 12.8 Å². The van der Waals surface area contributed by atoms with Crippen LogP contribution >= 0.6 is 0 Å². The molecule has 1 rings (SSSR count). The summed E-state index contributed by atoms with van der Waals surface area (Å²) in [6, 6.07) is 6.27. The van der Waals surface area contributed by atoms with E-state index in [1.54, 1.807) is 0 Å². The molecule has 0 bridgehead atoms. The van der Waals surface area contributed by atoms with Gasteiger partial charge in [0, 0.05) is 0 Å². The molecule has 0 aliphatic carbocycles. The van der Waals surface area contributed by atoms with Crippen LogP contribution < -0.4 is 46.8 Å². The number of hydrogen-bond donors (Lipinski definition) is 23. The van der Waals surface area contributed by atoms with E-state index in [-0.39, 0.29) is 66.2 Å². The topological polar surface area (TPSA) is 770 Å². The van der Waals surface area contributed by atoms with E-state index in [0.29, 0.717) is 6.61 Å². The summed E-state index contributed by atoms with van der Waals surface area (Å²) in [4.78, 5) is 81.7. The molecule has 82 heavy (non-hydrogen) atoms. The molecule has 1 aromatic carbocycles. The van der Waals surface area contributed by atoms with Crippen molar-refractivity contribution in [2.75, 3.05) is 39.6 Å². The third-order valence-corrected chi connectivity index (χ3v) is 8.71. The van der Waals surface area contributed by atoms with Crippen LogP contribution in [0, 0.1) is 0 Å². The number of carbonyl (C=O) groups is 8. The van der Waals surface area contributed by atoms with Crippen molar-refractivity contribution in [1.29, 1.82) is 0 Å². The van der Waals surface area contributed by atoms with Crippen molar-refractivity contribution in [3.05, 3.63) is 30.3 Å². The van der Waals surface area contributed by atoms with Gasteiger partial charge in [0.15, 0.2) is 6.10 Å². The van der Waals surface area contributed by atoms with Crippen LogP contribution in [-0.4, -0.2) is 327 Å². The van der Waals surface area contributed by atoms with Crippen LogP contribution in [0.2, 0.25) is 0 Å². The number of carbonyl (C=O) groups excluding carboxylic acids is 7. The fraction of sp³-hybridized carbons (Fsp3) is 0.650. The molecule has 1 radical (unpaired) electrons. The number of hydrogen-bond acceptors (Lipinski definition) is 38. The second-order valence-corrected chi connectivity index (χ2v) is 15.0. The number of benzene rings is 1. The Kier molecular flexibility index (Phi) is 60.2. The molecule has 0 aromatic heterocycles. The summed E-state index contributed by atoms with van der Waals surface area (Å²) in [5.74, 6) is -13.2. The van der Waals surface area contributed by atoms with E-state index in [9.17, 15) is 79.2 Å². The van der Waals surface area contributed by atoms with Crippen LogP contribution in [0.4, 0.5) is 0 Å². The molecular weight excluding hydrogens is 1250 g/mol. The molecule has 18 atom stereocenters. The molecule has 39 nitrogen and oxygen atoms in total. The zero-order valence-corrected chi connectivity index (χ0v) is 47.6. The Labute approximate surface area is 500 Å². The van der Waals surface area contributed by atoms with E-state index in [1.165, 1.54) is 0 Å². The Morgan fingerprint density at radius 2 is 0.720 bits per heavy atom. The second-order valence-electron chi connectivity index (χ2n) is 15.0. The van der Waals surface area contributed by atoms with E-state index < -0.39 is 197 Å². The van der Waals surface area contributed by atoms with E-state index in [1.807, 2.05) is 30.3 Å². The third-order valence-electron chi connectivity index (χ3n) is 8.71. The molecule has 0 spiro atoms. The van der Waals surface area contributed by atoms with Crippen molar-refractivity contribution in [1.82, 2.24) is 0 Å². The summed E-state index contributed by atoms with van der Waals surface area (Å²) in [6.45, 7) is -3.16. The summed E-state index contributed by atoms with van der Waals surface area (Å²) in [5.41, 5.74) is 9.74. The van der Waals surface area contributed by atoms with Crippen molar-refractivity contribution < 1.29 is 222 Å². The number of carboxylic acid groups (broad SMARTS) is 7. The molecule has 25 N–H and O–H groups in total. The first-order valence-corrected chi connectivity index (χ1v) is 21.4. The quantitative estimate of drug-likeness (QED) is 0.0251. The van der Waals surface area contributed by atoms with Crippen molar-refractivity contribution >= 4 is 70.8 Å². The fourth-order valence-corrected chi connectivity index (χ4v) is 4.16. The van der Waals surface area contributed by atoms with Gasteiger partial charge in [0.05, 0.1) is 93.8 Å². The van der Waals surface area contributed by atoms with Crippen LogP contribution in [0.3, 0.4) is 0 Å². The normalized spacial score (nSPS) is 16.9. The molecule has 471 valence electrons. The Hall–Kier alpha value is -4.19. The van der Waals surface area contributed by atoms with Gasteiger partial charge in [-0.1, -0.05) is 18.2 Å². The minimum atomic E-state index is -2.40. The Morgan fingerprint density at radius 1 is 0.439 bits per heavy atom. The number of aliphatic hydroxyl groups excluding tert-OH is 20. The van der Waals surface area contributed by atoms with Crippen LogP contribution in [0.15, 0.2) is 30.3 Å². The largest absolute Gasteiger partial charge is 2.00 e. The maximum Gasteiger partial charge on any atom is 2.00 e. The molecule has 0 aliphatic heterocycles. The first kappa shape index (κ1) is 94.2. The third kappa shape index (κ3) is 42.6. The zero-order chi connectivity index (χ0) is 63.2. The Bertz CT molecular complexity index is 1800. The smallest absolute Gasteiger partial charge is 0.548 e. The minimum Gasteiger partial charge on any atom is -0.548 e. The first-order chi connectivity index (χ1) is 36.3. The van der Waals surface area contributed by atoms with Gasteiger partial charge < -0.3 is 188 Å². The maximum atomic E-state index is 11.3. The average Bonchev–Trinajstić information content (AvgIpc) is 3.41. The van der Waals surface area contributed by atoms with Crippen molar-refractivity contribution in [3.63, 3.8) is 0 Å². The SMILES string of the molecule is N[C@@H](CC(=O)O)C(=O)[O-].N[C@@H](CC(=O)O[C@@H](C(=O)[O-])[C@@H](O)[C@H](O)[C@H](O)CO)C(=O)[O-].O=C([O-])[C@H](O)[C@@H](O)[C@H](O)[C@H](O)CO.O=C([O-])[C@H](O)[C@@H](O)[C@H](O)[C@H](O)CO.O=C([O-])[C@H](O)[C@@H](O)[C@H](O)[C@H](O)CO.OCCOc1ccccc1.[Cu+2].[Mg+2].[Zn+2]. The minimum absolute atomic E-state index is 0. The molecular formula is C40H64CuMgN2O37Zn. The number of esters is 1. The second kappa shape index (κ2) is 52.4. The molecule has 1 aromatic rings. The standard InChI is InChI=1S/C10H17NO10.C8H10O2.3C6H12O7.C4H7NO4.Cu.Mg.Zn/c11-3(9(17)18)1-5(14)21-8(10(19)20)7(16)6(15)4(13)2-12;9-6-7-10-8-4-2-1-3-5-8;3*7-1-2(8)3(9)4(10)5(11)6(12)13;5-2(4(8)9)1-3(6)7;;;/h3-4,6-8,12-13,15-16H,1-2,11H2,(H,17,18)(H,19,20);1-5,9H,6-7H2;3*2-5,7-11H,1H2,(H,12,13);2H,1,5H2,(H,6,7)(H,8,9);;;/q;;;;;;3*+2/p-6/t3-,4+,6+,7-,8+;;3*2-,3-,4+,5-;2-;;;/m0.1110.../s1. The molecule has 0 amide bonds. The van der Waals surface area contributed by atoms with Gasteiger partial charge in [-0.15, -0.1) is 0 Å². The molecule has 0 aliphatic rings. The number of ether oxygens (including phenoxy) is 2. The average molecular weight is 1320 g/mol. The van der Waals surface area contributed by atoms with Crippen molar-refractivity contribution in [2.45, 2.75) is 123 Å². The van der Waals surface area contributed by atoms with Gasteiger partial charge in [-0.2, -0.15) is 0 Å². The van der Waals surface area contributed by atoms with Gasteiger partial charge >= 0.3 is 71.5 Å². The number of aliphatic carboxylic acids is 7. The van der Waals surface area contributed by atoms with Gasteiger partial charge in [-0.3, -0.25) is 9.59 Å². The van der Waals surface area contributed by atoms with Gasteiger partial charge in [-0.25, -0.2) is 0 Å².